The second-order valence-electron chi connectivity index (χ2n) is 5.20. The van der Waals surface area contributed by atoms with Gasteiger partial charge in [0.2, 0.25) is 11.6 Å². The van der Waals surface area contributed by atoms with Gasteiger partial charge in [-0.05, 0) is 24.5 Å². The highest BCUT2D eigenvalue weighted by Gasteiger charge is 2.35. The second-order valence-corrected chi connectivity index (χ2v) is 6.94. The third-order valence-corrected chi connectivity index (χ3v) is 4.79. The summed E-state index contributed by atoms with van der Waals surface area (Å²) in [6, 6.07) is 3.17. The number of rotatable bonds is 3. The normalized spacial score (nSPS) is 14.5. The van der Waals surface area contributed by atoms with Crippen LogP contribution in [0.3, 0.4) is 0 Å². The number of hydrogen-bond acceptors (Lipinski definition) is 6. The van der Waals surface area contributed by atoms with Crippen molar-refractivity contribution >= 4 is 44.9 Å². The average molecular weight is 444 g/mol. The molecule has 1 aliphatic carbocycles. The fourth-order valence-corrected chi connectivity index (χ4v) is 3.54. The number of fused-ring (bicyclic) bond motifs is 1. The summed E-state index contributed by atoms with van der Waals surface area (Å²) < 4.78 is 39.2. The Balaban J connectivity index is 2.08. The van der Waals surface area contributed by atoms with Gasteiger partial charge in [0.05, 0.1) is 16.0 Å². The molecule has 0 amide bonds. The molecule has 0 fully saturated rings. The van der Waals surface area contributed by atoms with Gasteiger partial charge in [0.15, 0.2) is 0 Å². The van der Waals surface area contributed by atoms with E-state index in [0.717, 1.165) is 30.2 Å². The zero-order chi connectivity index (χ0) is 19.1. The Hall–Kier alpha value is -2.20. The number of carbonyl (C=O) groups excluding carboxylic acids is 2. The van der Waals surface area contributed by atoms with Crippen molar-refractivity contribution in [3.8, 4) is 0 Å². The van der Waals surface area contributed by atoms with Crippen molar-refractivity contribution in [2.45, 2.75) is 6.18 Å². The van der Waals surface area contributed by atoms with Crippen LogP contribution in [0.25, 0.3) is 0 Å². The van der Waals surface area contributed by atoms with Crippen LogP contribution in [-0.2, 0) is 6.18 Å². The Kier molecular flexibility index (Phi) is 4.89. The van der Waals surface area contributed by atoms with E-state index < -0.39 is 23.3 Å². The van der Waals surface area contributed by atoms with Crippen molar-refractivity contribution in [2.75, 3.05) is 11.6 Å². The molecule has 3 rings (SSSR count). The van der Waals surface area contributed by atoms with Gasteiger partial charge < -0.3 is 5.32 Å². The number of Topliss-reactive ketones (excluding diaryl/α,β-unsaturated/α-hetero) is 2. The van der Waals surface area contributed by atoms with E-state index in [1.165, 1.54) is 12.3 Å². The first-order valence-electron chi connectivity index (χ1n) is 7.05. The maximum atomic E-state index is 13.0. The maximum Gasteiger partial charge on any atom is 0.416 e. The number of aromatic nitrogens is 2. The van der Waals surface area contributed by atoms with Crippen LogP contribution in [0, 0.1) is 0 Å². The standard InChI is InChI=1S/C16H9BrF3N3O2S/c1-26-15-12(13(24)10-5-21-6-22-11(10)14(15)25)23-9-3-7(16(18,19)20)2-8(17)4-9/h2-6,23H,1H3. The van der Waals surface area contributed by atoms with E-state index in [1.807, 2.05) is 0 Å². The minimum Gasteiger partial charge on any atom is -0.351 e. The molecule has 134 valence electrons. The van der Waals surface area contributed by atoms with E-state index in [1.54, 1.807) is 6.26 Å². The van der Waals surface area contributed by atoms with Crippen LogP contribution in [0.5, 0.6) is 0 Å². The number of thioether (sulfide) groups is 1. The molecule has 0 saturated heterocycles. The number of anilines is 1. The summed E-state index contributed by atoms with van der Waals surface area (Å²) in [5.74, 6) is -1.04. The molecule has 1 aliphatic rings. The van der Waals surface area contributed by atoms with E-state index >= 15 is 0 Å². The Morgan fingerprint density at radius 1 is 1.15 bits per heavy atom. The molecular formula is C16H9BrF3N3O2S. The topological polar surface area (TPSA) is 72.0 Å². The maximum absolute atomic E-state index is 13.0. The second kappa shape index (κ2) is 6.84. The first kappa shape index (κ1) is 18.6. The third kappa shape index (κ3) is 3.38. The molecule has 0 aliphatic heterocycles. The molecule has 0 atom stereocenters. The van der Waals surface area contributed by atoms with Gasteiger partial charge in [0.1, 0.15) is 17.7 Å². The lowest BCUT2D eigenvalue weighted by molar-refractivity contribution is -0.137. The van der Waals surface area contributed by atoms with Crippen molar-refractivity contribution in [3.05, 3.63) is 62.6 Å². The molecule has 5 nitrogen and oxygen atoms in total. The number of halogens is 4. The largest absolute Gasteiger partial charge is 0.416 e. The molecule has 0 bridgehead atoms. The monoisotopic (exact) mass is 443 g/mol. The predicted octanol–water partition coefficient (Wildman–Crippen LogP) is 4.32. The fourth-order valence-electron chi connectivity index (χ4n) is 2.41. The lowest BCUT2D eigenvalue weighted by atomic mass is 9.98. The SMILES string of the molecule is CSC1=C(Nc2cc(Br)cc(C(F)(F)F)c2)C(=O)c2cncnc2C1=O. The fraction of sp³-hybridized carbons (Fsp3) is 0.125. The summed E-state index contributed by atoms with van der Waals surface area (Å²) in [6.07, 6.45) is -0.589. The van der Waals surface area contributed by atoms with E-state index in [-0.39, 0.29) is 32.0 Å². The highest BCUT2D eigenvalue weighted by molar-refractivity contribution is 9.10. The van der Waals surface area contributed by atoms with Crippen molar-refractivity contribution in [1.29, 1.82) is 0 Å². The van der Waals surface area contributed by atoms with Gasteiger partial charge >= 0.3 is 6.18 Å². The number of benzene rings is 1. The van der Waals surface area contributed by atoms with E-state index in [4.69, 9.17) is 0 Å². The Morgan fingerprint density at radius 2 is 1.88 bits per heavy atom. The molecule has 1 heterocycles. The van der Waals surface area contributed by atoms with Crippen LogP contribution in [-0.4, -0.2) is 27.8 Å². The highest BCUT2D eigenvalue weighted by Crippen LogP contribution is 2.35. The van der Waals surface area contributed by atoms with Gasteiger partial charge in [-0.1, -0.05) is 15.9 Å². The lowest BCUT2D eigenvalue weighted by Gasteiger charge is -2.20. The Bertz CT molecular complexity index is 960. The summed E-state index contributed by atoms with van der Waals surface area (Å²) in [5, 5.41) is 2.66. The molecule has 1 N–H and O–H groups in total. The number of hydrogen-bond donors (Lipinski definition) is 1. The number of nitrogens with zero attached hydrogens (tertiary/aromatic N) is 2. The molecular weight excluding hydrogens is 435 g/mol. The van der Waals surface area contributed by atoms with Gasteiger partial charge in [0.25, 0.3) is 0 Å². The van der Waals surface area contributed by atoms with Crippen LogP contribution < -0.4 is 5.32 Å². The Morgan fingerprint density at radius 3 is 2.54 bits per heavy atom. The van der Waals surface area contributed by atoms with Crippen LogP contribution in [0.2, 0.25) is 0 Å². The molecule has 10 heteroatoms. The molecule has 26 heavy (non-hydrogen) atoms. The van der Waals surface area contributed by atoms with E-state index in [9.17, 15) is 22.8 Å². The first-order valence-corrected chi connectivity index (χ1v) is 9.06. The zero-order valence-electron chi connectivity index (χ0n) is 13.0. The van der Waals surface area contributed by atoms with E-state index in [2.05, 4.69) is 31.2 Å². The molecule has 0 radical (unpaired) electrons. The van der Waals surface area contributed by atoms with Gasteiger partial charge in [-0.15, -0.1) is 11.8 Å². The molecule has 0 unspecified atom stereocenters. The molecule has 0 spiro atoms. The third-order valence-electron chi connectivity index (χ3n) is 3.53. The molecule has 2 aromatic rings. The van der Waals surface area contributed by atoms with Crippen molar-refractivity contribution < 1.29 is 22.8 Å². The number of ketones is 2. The van der Waals surface area contributed by atoms with E-state index in [0.29, 0.717) is 0 Å². The summed E-state index contributed by atoms with van der Waals surface area (Å²) in [5.41, 5.74) is -0.987. The Labute approximate surface area is 158 Å². The lowest BCUT2D eigenvalue weighted by Crippen LogP contribution is -2.26. The number of nitrogens with one attached hydrogen (secondary N) is 1. The van der Waals surface area contributed by atoms with Gasteiger partial charge in [-0.3, -0.25) is 9.59 Å². The number of alkyl halides is 3. The summed E-state index contributed by atoms with van der Waals surface area (Å²) >= 11 is 4.04. The smallest absolute Gasteiger partial charge is 0.351 e. The number of carbonyl (C=O) groups is 2. The van der Waals surface area contributed by atoms with Gasteiger partial charge in [0, 0.05) is 16.4 Å². The first-order chi connectivity index (χ1) is 12.2. The van der Waals surface area contributed by atoms with Crippen molar-refractivity contribution in [2.24, 2.45) is 0 Å². The van der Waals surface area contributed by atoms with Crippen LogP contribution in [0.15, 0.2) is 45.8 Å². The summed E-state index contributed by atoms with van der Waals surface area (Å²) in [6.45, 7) is 0. The van der Waals surface area contributed by atoms with Crippen LogP contribution >= 0.6 is 27.7 Å². The summed E-state index contributed by atoms with van der Waals surface area (Å²) in [7, 11) is 0. The minimum atomic E-state index is -4.55. The van der Waals surface area contributed by atoms with Crippen molar-refractivity contribution in [1.82, 2.24) is 9.97 Å². The average Bonchev–Trinajstić information content (AvgIpc) is 2.58. The quantitative estimate of drug-likeness (QED) is 0.761. The van der Waals surface area contributed by atoms with Crippen LogP contribution in [0.1, 0.15) is 26.4 Å². The summed E-state index contributed by atoms with van der Waals surface area (Å²) in [4.78, 5) is 32.9. The predicted molar refractivity (Wildman–Crippen MR) is 94.0 cm³/mol. The number of allylic oxidation sites excluding steroid dienone is 2. The molecule has 1 aromatic carbocycles. The zero-order valence-corrected chi connectivity index (χ0v) is 15.4. The van der Waals surface area contributed by atoms with Gasteiger partial charge in [-0.25, -0.2) is 9.97 Å². The van der Waals surface area contributed by atoms with Gasteiger partial charge in [-0.2, -0.15) is 13.2 Å². The molecule has 1 aromatic heterocycles. The highest BCUT2D eigenvalue weighted by atomic mass is 79.9. The van der Waals surface area contributed by atoms with Crippen LogP contribution in [0.4, 0.5) is 18.9 Å². The minimum absolute atomic E-state index is 0.00356. The van der Waals surface area contributed by atoms with Crippen molar-refractivity contribution in [3.63, 3.8) is 0 Å². The molecule has 0 saturated carbocycles.